The van der Waals surface area contributed by atoms with Crippen molar-refractivity contribution in [2.75, 3.05) is 7.11 Å². The second-order valence-electron chi connectivity index (χ2n) is 8.78. The van der Waals surface area contributed by atoms with E-state index in [0.29, 0.717) is 28.4 Å². The number of hydrogen-bond donors (Lipinski definition) is 0. The van der Waals surface area contributed by atoms with E-state index in [0.717, 1.165) is 40.8 Å². The molecule has 5 aromatic rings. The maximum atomic E-state index is 15.1. The van der Waals surface area contributed by atoms with Crippen LogP contribution in [0.2, 0.25) is 0 Å². The molecule has 1 saturated carbocycles. The largest absolute Gasteiger partial charge is 0.494 e. The fraction of sp³-hybridized carbons (Fsp3) is 0.280. The van der Waals surface area contributed by atoms with Gasteiger partial charge in [0.25, 0.3) is 0 Å². The Kier molecular flexibility index (Phi) is 4.43. The molecule has 1 aromatic carbocycles. The fourth-order valence-electron chi connectivity index (χ4n) is 4.47. The van der Waals surface area contributed by atoms with Gasteiger partial charge in [0, 0.05) is 34.8 Å². The summed E-state index contributed by atoms with van der Waals surface area (Å²) in [5.41, 5.74) is 5.04. The molecule has 0 saturated heterocycles. The number of pyridine rings is 1. The van der Waals surface area contributed by atoms with Crippen molar-refractivity contribution < 1.29 is 9.13 Å². The van der Waals surface area contributed by atoms with E-state index in [1.165, 1.54) is 6.07 Å². The average Bonchev–Trinajstić information content (AvgIpc) is 3.41. The zero-order chi connectivity index (χ0) is 22.7. The average molecular weight is 442 g/mol. The van der Waals surface area contributed by atoms with Gasteiger partial charge in [0.2, 0.25) is 0 Å². The molecule has 0 radical (unpaired) electrons. The summed E-state index contributed by atoms with van der Waals surface area (Å²) >= 11 is 0. The number of methoxy groups -OCH3 is 1. The van der Waals surface area contributed by atoms with E-state index in [-0.39, 0.29) is 11.9 Å². The molecule has 8 heteroatoms. The predicted octanol–water partition coefficient (Wildman–Crippen LogP) is 5.41. The number of halogens is 1. The topological polar surface area (TPSA) is 70.1 Å². The normalized spacial score (nSPS) is 14.0. The molecule has 0 bridgehead atoms. The van der Waals surface area contributed by atoms with Gasteiger partial charge in [0.1, 0.15) is 22.7 Å². The standard InChI is InChI=1S/C25H23FN6O/c1-14(2)32-13-28-22-19(11-29-30-25(22)32)16-6-7-20(26)18(10-16)17-8-9-31-21(23(17)33-3)12-27-24(31)15-4-5-15/h6-15H,4-5H2,1-3H3. The third kappa shape index (κ3) is 3.08. The van der Waals surface area contributed by atoms with Gasteiger partial charge in [-0.2, -0.15) is 5.10 Å². The summed E-state index contributed by atoms with van der Waals surface area (Å²) in [5.74, 6) is 1.81. The molecule has 4 heterocycles. The van der Waals surface area contributed by atoms with E-state index in [9.17, 15) is 0 Å². The Labute approximate surface area is 189 Å². The van der Waals surface area contributed by atoms with Gasteiger partial charge >= 0.3 is 0 Å². The number of rotatable bonds is 5. The Hall–Kier alpha value is -3.81. The molecule has 4 aromatic heterocycles. The van der Waals surface area contributed by atoms with E-state index >= 15 is 4.39 Å². The molecule has 1 aliphatic carbocycles. The second-order valence-corrected chi connectivity index (χ2v) is 8.78. The molecule has 166 valence electrons. The first-order chi connectivity index (χ1) is 16.1. The molecule has 7 nitrogen and oxygen atoms in total. The summed E-state index contributed by atoms with van der Waals surface area (Å²) in [6.07, 6.45) is 9.52. The SMILES string of the molecule is COc1c(-c2cc(-c3cnnc4c3ncn4C(C)C)ccc2F)ccn2c(C3CC3)ncc12. The van der Waals surface area contributed by atoms with Gasteiger partial charge in [-0.25, -0.2) is 14.4 Å². The van der Waals surface area contributed by atoms with Crippen LogP contribution in [-0.2, 0) is 0 Å². The molecule has 0 atom stereocenters. The smallest absolute Gasteiger partial charge is 0.183 e. The molecule has 0 amide bonds. The summed E-state index contributed by atoms with van der Waals surface area (Å²) in [6.45, 7) is 4.14. The van der Waals surface area contributed by atoms with Crippen molar-refractivity contribution in [2.24, 2.45) is 0 Å². The number of benzene rings is 1. The van der Waals surface area contributed by atoms with Crippen LogP contribution in [0.5, 0.6) is 5.75 Å². The lowest BCUT2D eigenvalue weighted by molar-refractivity contribution is 0.419. The van der Waals surface area contributed by atoms with Crippen molar-refractivity contribution in [3.8, 4) is 28.0 Å². The third-order valence-electron chi connectivity index (χ3n) is 6.33. The molecule has 0 N–H and O–H groups in total. The first kappa shape index (κ1) is 19.8. The maximum absolute atomic E-state index is 15.1. The van der Waals surface area contributed by atoms with E-state index in [1.807, 2.05) is 29.1 Å². The third-order valence-corrected chi connectivity index (χ3v) is 6.33. The first-order valence-electron chi connectivity index (χ1n) is 11.1. The van der Waals surface area contributed by atoms with Crippen LogP contribution in [-0.4, -0.2) is 36.2 Å². The van der Waals surface area contributed by atoms with Gasteiger partial charge in [-0.15, -0.1) is 5.10 Å². The van der Waals surface area contributed by atoms with E-state index in [2.05, 4.69) is 38.4 Å². The van der Waals surface area contributed by atoms with Crippen molar-refractivity contribution >= 4 is 16.7 Å². The Morgan fingerprint density at radius 1 is 1.06 bits per heavy atom. The monoisotopic (exact) mass is 442 g/mol. The highest BCUT2D eigenvalue weighted by atomic mass is 19.1. The lowest BCUT2D eigenvalue weighted by Crippen LogP contribution is -2.00. The Bertz CT molecular complexity index is 1510. The van der Waals surface area contributed by atoms with Crippen LogP contribution >= 0.6 is 0 Å². The number of nitrogens with zero attached hydrogens (tertiary/aromatic N) is 6. The van der Waals surface area contributed by atoms with Gasteiger partial charge in [-0.3, -0.25) is 0 Å². The molecule has 6 rings (SSSR count). The van der Waals surface area contributed by atoms with Gasteiger partial charge in [-0.05, 0) is 50.5 Å². The number of imidazole rings is 2. The lowest BCUT2D eigenvalue weighted by Gasteiger charge is -2.13. The number of hydrogen-bond acceptors (Lipinski definition) is 5. The van der Waals surface area contributed by atoms with Crippen LogP contribution in [0.4, 0.5) is 4.39 Å². The molecule has 0 unspecified atom stereocenters. The summed E-state index contributed by atoms with van der Waals surface area (Å²) in [4.78, 5) is 9.17. The second kappa shape index (κ2) is 7.37. The number of fused-ring (bicyclic) bond motifs is 2. The summed E-state index contributed by atoms with van der Waals surface area (Å²) in [5, 5.41) is 8.46. The van der Waals surface area contributed by atoms with Crippen molar-refractivity contribution in [1.29, 1.82) is 0 Å². The van der Waals surface area contributed by atoms with Crippen molar-refractivity contribution in [3.05, 3.63) is 60.8 Å². The summed E-state index contributed by atoms with van der Waals surface area (Å²) in [7, 11) is 1.61. The van der Waals surface area contributed by atoms with Gasteiger partial charge in [0.05, 0.1) is 25.8 Å². The van der Waals surface area contributed by atoms with E-state index in [4.69, 9.17) is 4.74 Å². The van der Waals surface area contributed by atoms with Gasteiger partial charge < -0.3 is 13.7 Å². The lowest BCUT2D eigenvalue weighted by atomic mass is 9.98. The quantitative estimate of drug-likeness (QED) is 0.364. The molecule has 1 aliphatic rings. The Morgan fingerprint density at radius 3 is 2.67 bits per heavy atom. The Morgan fingerprint density at radius 2 is 1.91 bits per heavy atom. The van der Waals surface area contributed by atoms with Crippen LogP contribution in [0.3, 0.4) is 0 Å². The first-order valence-corrected chi connectivity index (χ1v) is 11.1. The molecular formula is C25H23FN6O. The minimum Gasteiger partial charge on any atom is -0.494 e. The highest BCUT2D eigenvalue weighted by Crippen LogP contribution is 2.43. The Balaban J connectivity index is 1.52. The molecule has 0 spiro atoms. The zero-order valence-electron chi connectivity index (χ0n) is 18.7. The minimum absolute atomic E-state index is 0.204. The van der Waals surface area contributed by atoms with Crippen molar-refractivity contribution in [2.45, 2.75) is 38.6 Å². The van der Waals surface area contributed by atoms with Crippen molar-refractivity contribution in [3.63, 3.8) is 0 Å². The van der Waals surface area contributed by atoms with Crippen LogP contribution in [0.25, 0.3) is 38.9 Å². The zero-order valence-corrected chi connectivity index (χ0v) is 18.7. The van der Waals surface area contributed by atoms with Gasteiger partial charge in [0.15, 0.2) is 11.4 Å². The fourth-order valence-corrected chi connectivity index (χ4v) is 4.47. The summed E-state index contributed by atoms with van der Waals surface area (Å²) < 4.78 is 24.9. The highest BCUT2D eigenvalue weighted by Gasteiger charge is 2.29. The van der Waals surface area contributed by atoms with Gasteiger partial charge in [-0.1, -0.05) is 6.07 Å². The number of aromatic nitrogens is 6. The maximum Gasteiger partial charge on any atom is 0.183 e. The minimum atomic E-state index is -0.325. The van der Waals surface area contributed by atoms with Crippen LogP contribution < -0.4 is 4.74 Å². The van der Waals surface area contributed by atoms with E-state index in [1.54, 1.807) is 25.7 Å². The number of ether oxygens (including phenoxy) is 1. The molecule has 33 heavy (non-hydrogen) atoms. The van der Waals surface area contributed by atoms with Crippen LogP contribution in [0, 0.1) is 5.82 Å². The van der Waals surface area contributed by atoms with Crippen molar-refractivity contribution in [1.82, 2.24) is 29.1 Å². The summed E-state index contributed by atoms with van der Waals surface area (Å²) in [6, 6.07) is 7.16. The molecule has 0 aliphatic heterocycles. The predicted molar refractivity (Wildman–Crippen MR) is 124 cm³/mol. The van der Waals surface area contributed by atoms with Crippen LogP contribution in [0.1, 0.15) is 44.5 Å². The van der Waals surface area contributed by atoms with Crippen LogP contribution in [0.15, 0.2) is 49.2 Å². The van der Waals surface area contributed by atoms with E-state index < -0.39 is 0 Å². The molecular weight excluding hydrogens is 419 g/mol. The highest BCUT2D eigenvalue weighted by molar-refractivity contribution is 5.91. The molecule has 1 fully saturated rings.